The largest absolute Gasteiger partial charge is 0.469 e. The van der Waals surface area contributed by atoms with Crippen molar-refractivity contribution >= 4 is 11.8 Å². The zero-order chi connectivity index (χ0) is 10.7. The van der Waals surface area contributed by atoms with Crippen LogP contribution in [0.3, 0.4) is 0 Å². The monoisotopic (exact) mass is 196 g/mol. The molecule has 0 N–H and O–H groups in total. The first-order valence-electron chi connectivity index (χ1n) is 4.89. The Kier molecular flexibility index (Phi) is 3.44. The Morgan fingerprint density at radius 1 is 1.57 bits per heavy atom. The standard InChI is InChI=1S/C11H16O3/c1-4-8-5-7(2)9(11(8)13)6-10(12)14-3/h8H,4-6H2,1-3H3. The highest BCUT2D eigenvalue weighted by molar-refractivity contribution is 6.03. The molecule has 14 heavy (non-hydrogen) atoms. The number of carbonyl (C=O) groups is 2. The van der Waals surface area contributed by atoms with Crippen LogP contribution in [0.1, 0.15) is 33.1 Å². The van der Waals surface area contributed by atoms with Crippen molar-refractivity contribution in [1.82, 2.24) is 0 Å². The van der Waals surface area contributed by atoms with Crippen LogP contribution in [0.4, 0.5) is 0 Å². The maximum Gasteiger partial charge on any atom is 0.310 e. The van der Waals surface area contributed by atoms with Gasteiger partial charge < -0.3 is 4.74 Å². The molecule has 0 aliphatic heterocycles. The molecule has 0 aromatic heterocycles. The predicted octanol–water partition coefficient (Wildman–Crippen LogP) is 1.86. The maximum atomic E-state index is 11.7. The Bertz CT molecular complexity index is 289. The lowest BCUT2D eigenvalue weighted by molar-refractivity contribution is -0.140. The number of carbonyl (C=O) groups excluding carboxylic acids is 2. The van der Waals surface area contributed by atoms with Gasteiger partial charge in [0.05, 0.1) is 13.5 Å². The molecule has 0 saturated heterocycles. The van der Waals surface area contributed by atoms with Crippen LogP contribution < -0.4 is 0 Å². The van der Waals surface area contributed by atoms with Gasteiger partial charge in [-0.3, -0.25) is 9.59 Å². The van der Waals surface area contributed by atoms with Crippen molar-refractivity contribution < 1.29 is 14.3 Å². The van der Waals surface area contributed by atoms with Crippen LogP contribution in [0.25, 0.3) is 0 Å². The van der Waals surface area contributed by atoms with Gasteiger partial charge in [-0.1, -0.05) is 12.5 Å². The Balaban J connectivity index is 2.73. The fourth-order valence-corrected chi connectivity index (χ4v) is 1.83. The van der Waals surface area contributed by atoms with Gasteiger partial charge in [-0.25, -0.2) is 0 Å². The van der Waals surface area contributed by atoms with E-state index in [0.29, 0.717) is 5.57 Å². The maximum absolute atomic E-state index is 11.7. The molecule has 0 saturated carbocycles. The molecule has 0 spiro atoms. The minimum atomic E-state index is -0.329. The minimum absolute atomic E-state index is 0.0923. The predicted molar refractivity (Wildman–Crippen MR) is 52.7 cm³/mol. The molecule has 1 aliphatic carbocycles. The van der Waals surface area contributed by atoms with E-state index in [-0.39, 0.29) is 24.1 Å². The van der Waals surface area contributed by atoms with Gasteiger partial charge in [0, 0.05) is 11.5 Å². The van der Waals surface area contributed by atoms with Gasteiger partial charge in [-0.05, 0) is 19.8 Å². The molecule has 0 amide bonds. The van der Waals surface area contributed by atoms with Crippen LogP contribution in [0.15, 0.2) is 11.1 Å². The van der Waals surface area contributed by atoms with Crippen LogP contribution in [-0.2, 0) is 14.3 Å². The number of Topliss-reactive ketones (excluding diaryl/α,β-unsaturated/α-hetero) is 1. The van der Waals surface area contributed by atoms with Crippen LogP contribution in [0.2, 0.25) is 0 Å². The summed E-state index contributed by atoms with van der Waals surface area (Å²) in [6.07, 6.45) is 1.79. The van der Waals surface area contributed by atoms with Crippen molar-refractivity contribution in [3.63, 3.8) is 0 Å². The molecule has 3 heteroatoms. The first-order chi connectivity index (χ1) is 6.60. The molecule has 1 rings (SSSR count). The van der Waals surface area contributed by atoms with E-state index < -0.39 is 0 Å². The topological polar surface area (TPSA) is 43.4 Å². The molecule has 0 bridgehead atoms. The highest BCUT2D eigenvalue weighted by atomic mass is 16.5. The van der Waals surface area contributed by atoms with Gasteiger partial charge in [0.15, 0.2) is 5.78 Å². The van der Waals surface area contributed by atoms with Gasteiger partial charge in [-0.2, -0.15) is 0 Å². The first-order valence-corrected chi connectivity index (χ1v) is 4.89. The van der Waals surface area contributed by atoms with Crippen LogP contribution in [0.5, 0.6) is 0 Å². The zero-order valence-electron chi connectivity index (χ0n) is 8.92. The Morgan fingerprint density at radius 2 is 2.21 bits per heavy atom. The first kappa shape index (κ1) is 11.0. The average Bonchev–Trinajstić information content (AvgIpc) is 2.44. The highest BCUT2D eigenvalue weighted by Gasteiger charge is 2.30. The fourth-order valence-electron chi connectivity index (χ4n) is 1.83. The number of esters is 1. The highest BCUT2D eigenvalue weighted by Crippen LogP contribution is 2.31. The lowest BCUT2D eigenvalue weighted by atomic mass is 10.00. The second-order valence-electron chi connectivity index (χ2n) is 3.69. The van der Waals surface area contributed by atoms with Gasteiger partial charge >= 0.3 is 5.97 Å². The van der Waals surface area contributed by atoms with Crippen molar-refractivity contribution in [3.05, 3.63) is 11.1 Å². The summed E-state index contributed by atoms with van der Waals surface area (Å²) in [4.78, 5) is 22.8. The van der Waals surface area contributed by atoms with E-state index in [4.69, 9.17) is 0 Å². The summed E-state index contributed by atoms with van der Waals surface area (Å²) in [5, 5.41) is 0. The Labute approximate surface area is 84.1 Å². The van der Waals surface area contributed by atoms with E-state index in [0.717, 1.165) is 18.4 Å². The van der Waals surface area contributed by atoms with E-state index in [2.05, 4.69) is 4.74 Å². The summed E-state index contributed by atoms with van der Waals surface area (Å²) < 4.78 is 4.55. The normalized spacial score (nSPS) is 21.6. The molecule has 0 heterocycles. The third kappa shape index (κ3) is 2.03. The van der Waals surface area contributed by atoms with Crippen LogP contribution in [0, 0.1) is 5.92 Å². The smallest absolute Gasteiger partial charge is 0.310 e. The third-order valence-electron chi connectivity index (χ3n) is 2.78. The molecule has 0 aromatic rings. The van der Waals surface area contributed by atoms with Crippen molar-refractivity contribution in [3.8, 4) is 0 Å². The average molecular weight is 196 g/mol. The second-order valence-corrected chi connectivity index (χ2v) is 3.69. The molecule has 0 fully saturated rings. The number of allylic oxidation sites excluding steroid dienone is 1. The third-order valence-corrected chi connectivity index (χ3v) is 2.78. The summed E-state index contributed by atoms with van der Waals surface area (Å²) >= 11 is 0. The Morgan fingerprint density at radius 3 is 2.64 bits per heavy atom. The van der Waals surface area contributed by atoms with Gasteiger partial charge in [0.25, 0.3) is 0 Å². The molecule has 1 aliphatic rings. The summed E-state index contributed by atoms with van der Waals surface area (Å²) in [6.45, 7) is 3.92. The molecule has 0 aromatic carbocycles. The van der Waals surface area contributed by atoms with Crippen molar-refractivity contribution in [2.75, 3.05) is 7.11 Å². The van der Waals surface area contributed by atoms with Gasteiger partial charge in [-0.15, -0.1) is 0 Å². The molecule has 1 unspecified atom stereocenters. The van der Waals surface area contributed by atoms with E-state index >= 15 is 0 Å². The second kappa shape index (κ2) is 4.40. The number of rotatable bonds is 3. The fraction of sp³-hybridized carbons (Fsp3) is 0.636. The molecule has 78 valence electrons. The van der Waals surface area contributed by atoms with E-state index in [9.17, 15) is 9.59 Å². The summed E-state index contributed by atoms with van der Waals surface area (Å²) in [5.74, 6) is -0.102. The number of hydrogen-bond donors (Lipinski definition) is 0. The summed E-state index contributed by atoms with van der Waals surface area (Å²) in [5.41, 5.74) is 1.72. The molecular formula is C11H16O3. The van der Waals surface area contributed by atoms with E-state index in [1.807, 2.05) is 13.8 Å². The molecule has 0 radical (unpaired) electrons. The number of methoxy groups -OCH3 is 1. The molecule has 1 atom stereocenters. The molecular weight excluding hydrogens is 180 g/mol. The quantitative estimate of drug-likeness (QED) is 0.647. The Hall–Kier alpha value is -1.12. The lowest BCUT2D eigenvalue weighted by Gasteiger charge is -2.04. The summed E-state index contributed by atoms with van der Waals surface area (Å²) in [7, 11) is 1.34. The van der Waals surface area contributed by atoms with E-state index in [1.54, 1.807) is 0 Å². The van der Waals surface area contributed by atoms with Crippen LogP contribution in [-0.4, -0.2) is 18.9 Å². The number of ketones is 1. The SMILES string of the molecule is CCC1CC(C)=C(CC(=O)OC)C1=O. The number of ether oxygens (including phenoxy) is 1. The van der Waals surface area contributed by atoms with Crippen molar-refractivity contribution in [2.45, 2.75) is 33.1 Å². The van der Waals surface area contributed by atoms with Gasteiger partial charge in [0.1, 0.15) is 0 Å². The van der Waals surface area contributed by atoms with Gasteiger partial charge in [0.2, 0.25) is 0 Å². The summed E-state index contributed by atoms with van der Waals surface area (Å²) in [6, 6.07) is 0. The molecule has 3 nitrogen and oxygen atoms in total. The lowest BCUT2D eigenvalue weighted by Crippen LogP contribution is -2.12. The van der Waals surface area contributed by atoms with Crippen molar-refractivity contribution in [1.29, 1.82) is 0 Å². The van der Waals surface area contributed by atoms with Crippen LogP contribution >= 0.6 is 0 Å². The van der Waals surface area contributed by atoms with E-state index in [1.165, 1.54) is 7.11 Å². The minimum Gasteiger partial charge on any atom is -0.469 e. The number of hydrogen-bond acceptors (Lipinski definition) is 3. The zero-order valence-corrected chi connectivity index (χ0v) is 8.92. The van der Waals surface area contributed by atoms with Crippen molar-refractivity contribution in [2.24, 2.45) is 5.92 Å².